The number of para-hydroxylation sites is 1. The molecule has 146 valence electrons. The number of benzene rings is 1. The monoisotopic (exact) mass is 407 g/mol. The van der Waals surface area contributed by atoms with E-state index in [4.69, 9.17) is 11.6 Å². The molecule has 0 atom stereocenters. The number of hydrogen-bond donors (Lipinski definition) is 1. The molecular formula is C20H26ClN3O2S. The predicted octanol–water partition coefficient (Wildman–Crippen LogP) is 4.02. The number of likely N-dealkylation sites (N-methyl/N-ethyl adjacent to an activating group) is 1. The third-order valence-corrected chi connectivity index (χ3v) is 5.35. The summed E-state index contributed by atoms with van der Waals surface area (Å²) < 4.78 is 0.714. The van der Waals surface area contributed by atoms with Gasteiger partial charge in [-0.2, -0.15) is 0 Å². The number of halogens is 1. The number of thiophene rings is 1. The lowest BCUT2D eigenvalue weighted by atomic mass is 10.2. The minimum absolute atomic E-state index is 0.0170. The van der Waals surface area contributed by atoms with Crippen LogP contribution >= 0.6 is 22.9 Å². The molecule has 0 aliphatic carbocycles. The van der Waals surface area contributed by atoms with Crippen LogP contribution in [-0.4, -0.2) is 48.3 Å². The molecule has 0 saturated heterocycles. The summed E-state index contributed by atoms with van der Waals surface area (Å²) in [5, 5.41) is 2.93. The van der Waals surface area contributed by atoms with Crippen molar-refractivity contribution < 1.29 is 9.59 Å². The number of amides is 2. The van der Waals surface area contributed by atoms with Crippen molar-refractivity contribution in [1.29, 1.82) is 0 Å². The van der Waals surface area contributed by atoms with Gasteiger partial charge in [-0.1, -0.05) is 36.7 Å². The first kappa shape index (κ1) is 21.4. The zero-order chi connectivity index (χ0) is 19.8. The number of hydrogen-bond acceptors (Lipinski definition) is 4. The molecule has 0 aliphatic heterocycles. The van der Waals surface area contributed by atoms with Crippen molar-refractivity contribution in [2.75, 3.05) is 32.0 Å². The summed E-state index contributed by atoms with van der Waals surface area (Å²) in [6.07, 6.45) is 0.870. The quantitative estimate of drug-likeness (QED) is 0.683. The molecule has 5 nitrogen and oxygen atoms in total. The highest BCUT2D eigenvalue weighted by atomic mass is 35.5. The predicted molar refractivity (Wildman–Crippen MR) is 112 cm³/mol. The zero-order valence-corrected chi connectivity index (χ0v) is 17.6. The Kier molecular flexibility index (Phi) is 8.28. The van der Waals surface area contributed by atoms with Gasteiger partial charge in [-0.05, 0) is 43.7 Å². The molecule has 0 unspecified atom stereocenters. The van der Waals surface area contributed by atoms with Gasteiger partial charge in [-0.3, -0.25) is 14.5 Å². The standard InChI is InChI=1S/C20H26ClN3O2S/c1-4-11-24(13-19(25)22-17-8-6-5-7-15(17)2)14-20(26)23(3)12-16-9-10-18(21)27-16/h5-10H,4,11-14H2,1-3H3,(H,22,25). The van der Waals surface area contributed by atoms with E-state index < -0.39 is 0 Å². The summed E-state index contributed by atoms with van der Waals surface area (Å²) in [7, 11) is 1.77. The number of aryl methyl sites for hydroxylation is 1. The molecule has 1 heterocycles. The van der Waals surface area contributed by atoms with Gasteiger partial charge in [0.15, 0.2) is 0 Å². The summed E-state index contributed by atoms with van der Waals surface area (Å²) in [4.78, 5) is 29.6. The second-order valence-corrected chi connectivity index (χ2v) is 8.33. The van der Waals surface area contributed by atoms with Gasteiger partial charge in [-0.25, -0.2) is 0 Å². The first-order valence-corrected chi connectivity index (χ1v) is 10.1. The van der Waals surface area contributed by atoms with Gasteiger partial charge in [0, 0.05) is 17.6 Å². The molecule has 0 fully saturated rings. The Balaban J connectivity index is 1.90. The first-order chi connectivity index (χ1) is 12.9. The Morgan fingerprint density at radius 3 is 2.52 bits per heavy atom. The minimum Gasteiger partial charge on any atom is -0.340 e. The number of rotatable bonds is 9. The smallest absolute Gasteiger partial charge is 0.238 e. The van der Waals surface area contributed by atoms with Crippen LogP contribution in [0, 0.1) is 6.92 Å². The maximum Gasteiger partial charge on any atom is 0.238 e. The van der Waals surface area contributed by atoms with Crippen LogP contribution in [0.1, 0.15) is 23.8 Å². The Morgan fingerprint density at radius 2 is 1.89 bits per heavy atom. The van der Waals surface area contributed by atoms with E-state index in [1.807, 2.05) is 55.1 Å². The van der Waals surface area contributed by atoms with E-state index in [9.17, 15) is 9.59 Å². The molecule has 2 amide bonds. The van der Waals surface area contributed by atoms with E-state index in [1.165, 1.54) is 11.3 Å². The molecule has 1 aromatic carbocycles. The second kappa shape index (κ2) is 10.4. The van der Waals surface area contributed by atoms with Gasteiger partial charge in [-0.15, -0.1) is 11.3 Å². The normalized spacial score (nSPS) is 10.9. The molecule has 0 saturated carbocycles. The van der Waals surface area contributed by atoms with Crippen LogP contribution in [-0.2, 0) is 16.1 Å². The summed E-state index contributed by atoms with van der Waals surface area (Å²) in [6.45, 7) is 5.59. The topological polar surface area (TPSA) is 52.7 Å². The van der Waals surface area contributed by atoms with E-state index in [0.717, 1.165) is 22.5 Å². The molecule has 0 aliphatic rings. The van der Waals surface area contributed by atoms with Gasteiger partial charge in [0.25, 0.3) is 0 Å². The fourth-order valence-electron chi connectivity index (χ4n) is 2.71. The van der Waals surface area contributed by atoms with Crippen molar-refractivity contribution in [1.82, 2.24) is 9.80 Å². The highest BCUT2D eigenvalue weighted by molar-refractivity contribution is 7.16. The van der Waals surface area contributed by atoms with Gasteiger partial charge in [0.05, 0.1) is 24.0 Å². The first-order valence-electron chi connectivity index (χ1n) is 8.95. The van der Waals surface area contributed by atoms with Gasteiger partial charge >= 0.3 is 0 Å². The molecule has 0 radical (unpaired) electrons. The van der Waals surface area contributed by atoms with Crippen molar-refractivity contribution in [3.63, 3.8) is 0 Å². The third-order valence-electron chi connectivity index (χ3n) is 4.13. The van der Waals surface area contributed by atoms with Crippen molar-refractivity contribution in [3.05, 3.63) is 51.2 Å². The van der Waals surface area contributed by atoms with Gasteiger partial charge < -0.3 is 10.2 Å². The summed E-state index contributed by atoms with van der Waals surface area (Å²) in [5.74, 6) is -0.130. The van der Waals surface area contributed by atoms with E-state index in [0.29, 0.717) is 17.4 Å². The summed E-state index contributed by atoms with van der Waals surface area (Å²) >= 11 is 7.42. The number of nitrogens with one attached hydrogen (secondary N) is 1. The Bertz CT molecular complexity index is 778. The lowest BCUT2D eigenvalue weighted by molar-refractivity contribution is -0.132. The number of carbonyl (C=O) groups excluding carboxylic acids is 2. The average molecular weight is 408 g/mol. The second-order valence-electron chi connectivity index (χ2n) is 6.53. The Labute approximate surface area is 169 Å². The highest BCUT2D eigenvalue weighted by Gasteiger charge is 2.18. The number of anilines is 1. The van der Waals surface area contributed by atoms with Crippen LogP contribution < -0.4 is 5.32 Å². The molecule has 2 rings (SSSR count). The lowest BCUT2D eigenvalue weighted by Gasteiger charge is -2.24. The molecule has 1 aromatic heterocycles. The minimum atomic E-state index is -0.113. The SMILES string of the molecule is CCCN(CC(=O)Nc1ccccc1C)CC(=O)N(C)Cc1ccc(Cl)s1. The molecule has 27 heavy (non-hydrogen) atoms. The molecule has 0 bridgehead atoms. The van der Waals surface area contributed by atoms with Crippen molar-refractivity contribution in [3.8, 4) is 0 Å². The highest BCUT2D eigenvalue weighted by Crippen LogP contribution is 2.22. The van der Waals surface area contributed by atoms with Crippen LogP contribution in [0.25, 0.3) is 0 Å². The number of nitrogens with zero attached hydrogens (tertiary/aromatic N) is 2. The van der Waals surface area contributed by atoms with E-state index in [1.54, 1.807) is 11.9 Å². The molecular weight excluding hydrogens is 382 g/mol. The maximum absolute atomic E-state index is 12.6. The van der Waals surface area contributed by atoms with Crippen LogP contribution in [0.15, 0.2) is 36.4 Å². The van der Waals surface area contributed by atoms with Crippen molar-refractivity contribution >= 4 is 40.4 Å². The van der Waals surface area contributed by atoms with Crippen LogP contribution in [0.4, 0.5) is 5.69 Å². The van der Waals surface area contributed by atoms with E-state index >= 15 is 0 Å². The molecule has 7 heteroatoms. The van der Waals surface area contributed by atoms with Crippen LogP contribution in [0.3, 0.4) is 0 Å². The van der Waals surface area contributed by atoms with Gasteiger partial charge in [0.2, 0.25) is 11.8 Å². The van der Waals surface area contributed by atoms with E-state index in [2.05, 4.69) is 5.32 Å². The van der Waals surface area contributed by atoms with E-state index in [-0.39, 0.29) is 24.9 Å². The third kappa shape index (κ3) is 6.97. The summed E-state index contributed by atoms with van der Waals surface area (Å²) in [5.41, 5.74) is 1.82. The summed E-state index contributed by atoms with van der Waals surface area (Å²) in [6, 6.07) is 11.4. The van der Waals surface area contributed by atoms with Crippen molar-refractivity contribution in [2.45, 2.75) is 26.8 Å². The fraction of sp³-hybridized carbons (Fsp3) is 0.400. The largest absolute Gasteiger partial charge is 0.340 e. The van der Waals surface area contributed by atoms with Gasteiger partial charge in [0.1, 0.15) is 0 Å². The molecule has 1 N–H and O–H groups in total. The van der Waals surface area contributed by atoms with Crippen molar-refractivity contribution in [2.24, 2.45) is 0 Å². The number of carbonyl (C=O) groups is 2. The van der Waals surface area contributed by atoms with Crippen LogP contribution in [0.5, 0.6) is 0 Å². The van der Waals surface area contributed by atoms with Crippen LogP contribution in [0.2, 0.25) is 4.34 Å². The fourth-order valence-corrected chi connectivity index (χ4v) is 3.85. The maximum atomic E-state index is 12.6. The average Bonchev–Trinajstić information content (AvgIpc) is 3.01. The molecule has 0 spiro atoms. The Hall–Kier alpha value is -1.89. The zero-order valence-electron chi connectivity index (χ0n) is 16.0. The Morgan fingerprint density at radius 1 is 1.15 bits per heavy atom. The lowest BCUT2D eigenvalue weighted by Crippen LogP contribution is -2.42. The molecule has 2 aromatic rings.